The highest BCUT2D eigenvalue weighted by atomic mass is 16.5. The Morgan fingerprint density at radius 1 is 1.60 bits per heavy atom. The summed E-state index contributed by atoms with van der Waals surface area (Å²) in [6.45, 7) is 6.01. The van der Waals surface area contributed by atoms with Crippen LogP contribution in [0.15, 0.2) is 12.7 Å². The number of esters is 1. The Balaban J connectivity index is 3.84. The highest BCUT2D eigenvalue weighted by Crippen LogP contribution is 1.93. The first-order chi connectivity index (χ1) is 4.57. The number of carbonyl (C=O) groups is 2. The van der Waals surface area contributed by atoms with Gasteiger partial charge in [-0.3, -0.25) is 9.59 Å². The Morgan fingerprint density at radius 2 is 2.10 bits per heavy atom. The molecule has 0 aliphatic carbocycles. The molecule has 0 amide bonds. The lowest BCUT2D eigenvalue weighted by Gasteiger charge is -2.06. The number of carbonyl (C=O) groups excluding carboxylic acids is 2. The summed E-state index contributed by atoms with van der Waals surface area (Å²) in [5.74, 6) is -0.738. The average Bonchev–Trinajstić information content (AvgIpc) is 1.85. The summed E-state index contributed by atoms with van der Waals surface area (Å²) in [5.41, 5.74) is 0. The van der Waals surface area contributed by atoms with Gasteiger partial charge in [0.2, 0.25) is 0 Å². The number of rotatable bonds is 3. The molecule has 0 rings (SSSR count). The van der Waals surface area contributed by atoms with Gasteiger partial charge in [0.15, 0.2) is 11.9 Å². The van der Waals surface area contributed by atoms with Gasteiger partial charge in [-0.25, -0.2) is 0 Å². The monoisotopic (exact) mass is 142 g/mol. The first-order valence-corrected chi connectivity index (χ1v) is 2.91. The summed E-state index contributed by atoms with van der Waals surface area (Å²) >= 11 is 0. The van der Waals surface area contributed by atoms with Crippen molar-refractivity contribution >= 4 is 11.8 Å². The minimum absolute atomic E-state index is 0.282. The van der Waals surface area contributed by atoms with E-state index in [9.17, 15) is 9.59 Å². The smallest absolute Gasteiger partial charge is 0.303 e. The van der Waals surface area contributed by atoms with Gasteiger partial charge in [-0.05, 0) is 13.0 Å². The molecule has 0 aromatic carbocycles. The minimum Gasteiger partial charge on any atom is -0.454 e. The molecule has 0 saturated carbocycles. The van der Waals surface area contributed by atoms with Crippen LogP contribution in [0.2, 0.25) is 0 Å². The van der Waals surface area contributed by atoms with Crippen molar-refractivity contribution in [1.29, 1.82) is 0 Å². The molecule has 3 heteroatoms. The summed E-state index contributed by atoms with van der Waals surface area (Å²) in [5, 5.41) is 0. The average molecular weight is 142 g/mol. The number of hydrogen-bond donors (Lipinski definition) is 0. The van der Waals surface area contributed by atoms with Crippen molar-refractivity contribution in [2.45, 2.75) is 20.0 Å². The third-order valence-corrected chi connectivity index (χ3v) is 0.945. The van der Waals surface area contributed by atoms with Crippen molar-refractivity contribution in [3.8, 4) is 0 Å². The Labute approximate surface area is 59.7 Å². The van der Waals surface area contributed by atoms with Crippen LogP contribution < -0.4 is 0 Å². The maximum atomic E-state index is 10.7. The van der Waals surface area contributed by atoms with E-state index in [1.165, 1.54) is 13.8 Å². The standard InChI is InChI=1S/C7H10O3/c1-4-7(9)5(2)10-6(3)8/h4-5H,1H2,2-3H3/t5-/m0/s1. The molecule has 0 aliphatic rings. The normalized spacial score (nSPS) is 11.8. The fourth-order valence-electron chi connectivity index (χ4n) is 0.473. The Hall–Kier alpha value is -1.12. The van der Waals surface area contributed by atoms with Crippen molar-refractivity contribution in [1.82, 2.24) is 0 Å². The molecule has 0 aliphatic heterocycles. The molecule has 0 aromatic rings. The van der Waals surface area contributed by atoms with E-state index in [2.05, 4.69) is 11.3 Å². The Bertz CT molecular complexity index is 160. The van der Waals surface area contributed by atoms with Gasteiger partial charge in [0.1, 0.15) is 0 Å². The second-order valence-electron chi connectivity index (χ2n) is 1.86. The van der Waals surface area contributed by atoms with E-state index in [0.717, 1.165) is 6.08 Å². The van der Waals surface area contributed by atoms with E-state index >= 15 is 0 Å². The summed E-state index contributed by atoms with van der Waals surface area (Å²) in [6, 6.07) is 0. The third kappa shape index (κ3) is 3.02. The number of ketones is 1. The molecule has 1 atom stereocenters. The molecule has 0 N–H and O–H groups in total. The van der Waals surface area contributed by atoms with Crippen LogP contribution in [0, 0.1) is 0 Å². The van der Waals surface area contributed by atoms with E-state index in [-0.39, 0.29) is 5.78 Å². The molecule has 0 heterocycles. The molecule has 56 valence electrons. The van der Waals surface area contributed by atoms with E-state index in [4.69, 9.17) is 0 Å². The summed E-state index contributed by atoms with van der Waals surface area (Å²) < 4.78 is 4.54. The van der Waals surface area contributed by atoms with Crippen molar-refractivity contribution in [3.63, 3.8) is 0 Å². The second-order valence-corrected chi connectivity index (χ2v) is 1.86. The number of ether oxygens (including phenoxy) is 1. The fourth-order valence-corrected chi connectivity index (χ4v) is 0.473. The zero-order valence-corrected chi connectivity index (χ0v) is 6.09. The van der Waals surface area contributed by atoms with Gasteiger partial charge in [-0.15, -0.1) is 0 Å². The SMILES string of the molecule is C=CC(=O)[C@H](C)OC(C)=O. The van der Waals surface area contributed by atoms with Crippen LogP contribution in [0.25, 0.3) is 0 Å². The van der Waals surface area contributed by atoms with Gasteiger partial charge in [0.05, 0.1) is 0 Å². The molecule has 0 aromatic heterocycles. The van der Waals surface area contributed by atoms with Gasteiger partial charge >= 0.3 is 5.97 Å². The van der Waals surface area contributed by atoms with Gasteiger partial charge < -0.3 is 4.74 Å². The summed E-state index contributed by atoms with van der Waals surface area (Å²) in [6.07, 6.45) is 0.433. The lowest BCUT2D eigenvalue weighted by molar-refractivity contribution is -0.150. The van der Waals surface area contributed by atoms with Gasteiger partial charge in [-0.1, -0.05) is 6.58 Å². The molecule has 3 nitrogen and oxygen atoms in total. The molecule has 0 radical (unpaired) electrons. The van der Waals surface area contributed by atoms with Crippen molar-refractivity contribution in [2.75, 3.05) is 0 Å². The largest absolute Gasteiger partial charge is 0.454 e. The lowest BCUT2D eigenvalue weighted by atomic mass is 10.2. The Kier molecular flexibility index (Phi) is 3.39. The molecular weight excluding hydrogens is 132 g/mol. The zero-order valence-electron chi connectivity index (χ0n) is 6.09. The zero-order chi connectivity index (χ0) is 8.15. The van der Waals surface area contributed by atoms with Crippen molar-refractivity contribution in [2.24, 2.45) is 0 Å². The molecule has 0 fully saturated rings. The van der Waals surface area contributed by atoms with E-state index in [1.54, 1.807) is 0 Å². The second kappa shape index (κ2) is 3.82. The highest BCUT2D eigenvalue weighted by Gasteiger charge is 2.10. The van der Waals surface area contributed by atoms with Crippen LogP contribution in [0.3, 0.4) is 0 Å². The van der Waals surface area contributed by atoms with Crippen molar-refractivity contribution < 1.29 is 14.3 Å². The first-order valence-electron chi connectivity index (χ1n) is 2.91. The predicted octanol–water partition coefficient (Wildman–Crippen LogP) is 0.693. The van der Waals surface area contributed by atoms with Crippen molar-refractivity contribution in [3.05, 3.63) is 12.7 Å². The quantitative estimate of drug-likeness (QED) is 0.430. The molecule has 0 spiro atoms. The van der Waals surface area contributed by atoms with Crippen LogP contribution in [0.4, 0.5) is 0 Å². The molecular formula is C7H10O3. The maximum absolute atomic E-state index is 10.7. The topological polar surface area (TPSA) is 43.4 Å². The minimum atomic E-state index is -0.699. The third-order valence-electron chi connectivity index (χ3n) is 0.945. The van der Waals surface area contributed by atoms with E-state index in [1.807, 2.05) is 0 Å². The van der Waals surface area contributed by atoms with Crippen LogP contribution in [0.5, 0.6) is 0 Å². The van der Waals surface area contributed by atoms with Gasteiger partial charge in [-0.2, -0.15) is 0 Å². The summed E-state index contributed by atoms with van der Waals surface area (Å²) in [4.78, 5) is 20.9. The molecule has 0 saturated heterocycles. The molecule has 0 unspecified atom stereocenters. The van der Waals surface area contributed by atoms with Crippen LogP contribution in [-0.4, -0.2) is 17.9 Å². The van der Waals surface area contributed by atoms with Crippen LogP contribution in [0.1, 0.15) is 13.8 Å². The van der Waals surface area contributed by atoms with Crippen LogP contribution >= 0.6 is 0 Å². The molecule has 0 bridgehead atoms. The van der Waals surface area contributed by atoms with Gasteiger partial charge in [0.25, 0.3) is 0 Å². The Morgan fingerprint density at radius 3 is 2.40 bits per heavy atom. The fraction of sp³-hybridized carbons (Fsp3) is 0.429. The van der Waals surface area contributed by atoms with Crippen LogP contribution in [-0.2, 0) is 14.3 Å². The number of hydrogen-bond acceptors (Lipinski definition) is 3. The van der Waals surface area contributed by atoms with Gasteiger partial charge in [0, 0.05) is 6.92 Å². The maximum Gasteiger partial charge on any atom is 0.303 e. The van der Waals surface area contributed by atoms with E-state index in [0.29, 0.717) is 0 Å². The predicted molar refractivity (Wildman–Crippen MR) is 36.4 cm³/mol. The molecule has 10 heavy (non-hydrogen) atoms. The lowest BCUT2D eigenvalue weighted by Crippen LogP contribution is -2.20. The summed E-state index contributed by atoms with van der Waals surface area (Å²) in [7, 11) is 0. The highest BCUT2D eigenvalue weighted by molar-refractivity contribution is 5.93. The first kappa shape index (κ1) is 8.88. The van der Waals surface area contributed by atoms with E-state index < -0.39 is 12.1 Å².